The average Bonchev–Trinajstić information content (AvgIpc) is 2.93. The van der Waals surface area contributed by atoms with Crippen LogP contribution in [0.2, 0.25) is 0 Å². The normalized spacial score (nSPS) is 14.0. The quantitative estimate of drug-likeness (QED) is 0.380. The maximum Gasteiger partial charge on any atom is 0.118 e. The van der Waals surface area contributed by atoms with Crippen molar-refractivity contribution in [3.63, 3.8) is 0 Å². The van der Waals surface area contributed by atoms with E-state index in [1.54, 1.807) is 7.11 Å². The van der Waals surface area contributed by atoms with Gasteiger partial charge in [0.2, 0.25) is 0 Å². The van der Waals surface area contributed by atoms with Gasteiger partial charge in [-0.15, -0.1) is 0 Å². The zero-order valence-corrected chi connectivity index (χ0v) is 19.9. The number of anilines is 3. The molecule has 0 saturated carbocycles. The highest BCUT2D eigenvalue weighted by Gasteiger charge is 2.16. The molecule has 1 aliphatic rings. The van der Waals surface area contributed by atoms with Crippen molar-refractivity contribution in [1.29, 1.82) is 5.26 Å². The van der Waals surface area contributed by atoms with Crippen molar-refractivity contribution >= 4 is 28.0 Å². The van der Waals surface area contributed by atoms with Crippen LogP contribution >= 0.6 is 0 Å². The number of rotatable bonds is 7. The highest BCUT2D eigenvalue weighted by Crippen LogP contribution is 2.31. The molecule has 3 aromatic carbocycles. The van der Waals surface area contributed by atoms with Crippen LogP contribution in [-0.2, 0) is 0 Å². The minimum Gasteiger partial charge on any atom is -0.497 e. The van der Waals surface area contributed by atoms with Crippen LogP contribution in [0.15, 0.2) is 79.0 Å². The number of nitrogens with one attached hydrogen (secondary N) is 1. The molecule has 2 heterocycles. The van der Waals surface area contributed by atoms with E-state index in [0.29, 0.717) is 6.42 Å². The second kappa shape index (κ2) is 10.5. The number of nitriles is 1. The fraction of sp³-hybridized carbons (Fsp3) is 0.241. The summed E-state index contributed by atoms with van der Waals surface area (Å²) in [6.45, 7) is 4.85. The molecule has 0 atom stereocenters. The summed E-state index contributed by atoms with van der Waals surface area (Å²) in [5.74, 6) is 0.850. The molecule has 1 fully saturated rings. The van der Waals surface area contributed by atoms with Gasteiger partial charge in [0.1, 0.15) is 5.75 Å². The Bertz CT molecular complexity index is 1320. The molecule has 35 heavy (non-hydrogen) atoms. The van der Waals surface area contributed by atoms with Crippen molar-refractivity contribution in [3.8, 4) is 22.9 Å². The number of methoxy groups -OCH3 is 1. The minimum absolute atomic E-state index is 0.603. The molecule has 0 radical (unpaired) electrons. The molecule has 1 saturated heterocycles. The van der Waals surface area contributed by atoms with Crippen LogP contribution in [0.25, 0.3) is 22.0 Å². The Morgan fingerprint density at radius 2 is 1.66 bits per heavy atom. The molecule has 4 aromatic rings. The number of piperazine rings is 1. The Hall–Kier alpha value is -4.08. The summed E-state index contributed by atoms with van der Waals surface area (Å²) >= 11 is 0. The molecule has 6 nitrogen and oxygen atoms in total. The van der Waals surface area contributed by atoms with Gasteiger partial charge in [0.15, 0.2) is 0 Å². The largest absolute Gasteiger partial charge is 0.497 e. The van der Waals surface area contributed by atoms with Crippen LogP contribution in [0.4, 0.5) is 17.1 Å². The molecular weight excluding hydrogens is 434 g/mol. The van der Waals surface area contributed by atoms with Gasteiger partial charge >= 0.3 is 0 Å². The molecule has 1 aromatic heterocycles. The highest BCUT2D eigenvalue weighted by atomic mass is 16.5. The predicted molar refractivity (Wildman–Crippen MR) is 142 cm³/mol. The van der Waals surface area contributed by atoms with Gasteiger partial charge in [-0.05, 0) is 65.7 Å². The Balaban J connectivity index is 1.31. The first-order chi connectivity index (χ1) is 17.2. The van der Waals surface area contributed by atoms with E-state index in [4.69, 9.17) is 10.00 Å². The summed E-state index contributed by atoms with van der Waals surface area (Å²) in [6.07, 6.45) is 2.45. The van der Waals surface area contributed by atoms with Crippen molar-refractivity contribution < 1.29 is 4.74 Å². The van der Waals surface area contributed by atoms with E-state index in [1.165, 1.54) is 5.69 Å². The Morgan fingerprint density at radius 3 is 2.37 bits per heavy atom. The van der Waals surface area contributed by atoms with E-state index in [-0.39, 0.29) is 0 Å². The molecule has 0 aliphatic carbocycles. The van der Waals surface area contributed by atoms with E-state index in [2.05, 4.69) is 80.8 Å². The van der Waals surface area contributed by atoms with Crippen molar-refractivity contribution in [1.82, 2.24) is 9.88 Å². The predicted octanol–water partition coefficient (Wildman–Crippen LogP) is 5.69. The van der Waals surface area contributed by atoms with E-state index >= 15 is 0 Å². The van der Waals surface area contributed by atoms with Crippen LogP contribution in [-0.4, -0.2) is 49.7 Å². The second-order valence-corrected chi connectivity index (χ2v) is 8.73. The summed E-state index contributed by atoms with van der Waals surface area (Å²) in [5, 5.41) is 13.5. The number of aromatic nitrogens is 1. The summed E-state index contributed by atoms with van der Waals surface area (Å²) in [6, 6.07) is 27.4. The van der Waals surface area contributed by atoms with Gasteiger partial charge in [-0.2, -0.15) is 5.26 Å². The first-order valence-electron chi connectivity index (χ1n) is 12.0. The van der Waals surface area contributed by atoms with Gasteiger partial charge in [-0.3, -0.25) is 9.88 Å². The molecule has 6 heteroatoms. The van der Waals surface area contributed by atoms with Crippen LogP contribution in [0.1, 0.15) is 6.42 Å². The first kappa shape index (κ1) is 22.7. The van der Waals surface area contributed by atoms with Crippen LogP contribution < -0.4 is 15.0 Å². The van der Waals surface area contributed by atoms with Crippen molar-refractivity contribution in [2.24, 2.45) is 0 Å². The lowest BCUT2D eigenvalue weighted by Crippen LogP contribution is -2.46. The maximum atomic E-state index is 8.80. The van der Waals surface area contributed by atoms with Crippen molar-refractivity contribution in [2.75, 3.05) is 50.1 Å². The third-order valence-corrected chi connectivity index (χ3v) is 6.59. The molecular formula is C29H29N5O. The zero-order chi connectivity index (χ0) is 24.0. The molecule has 0 bridgehead atoms. The molecule has 176 valence electrons. The molecule has 0 amide bonds. The standard InChI is InChI=1S/C29H29N5O/c1-35-26-10-3-22(4-11-26)23-5-12-28-27(21-23)29(13-15-31-28)32-24-6-8-25(9-7-24)34-19-17-33(18-20-34)16-2-14-30/h3-13,15,21H,2,16-20H2,1H3,(H,31,32). The van der Waals surface area contributed by atoms with E-state index in [0.717, 1.165) is 71.9 Å². The summed E-state index contributed by atoms with van der Waals surface area (Å²) in [5.41, 5.74) is 6.54. The topological polar surface area (TPSA) is 64.4 Å². The fourth-order valence-corrected chi connectivity index (χ4v) is 4.57. The molecule has 1 aliphatic heterocycles. The third kappa shape index (κ3) is 5.21. The smallest absolute Gasteiger partial charge is 0.118 e. The maximum absolute atomic E-state index is 8.80. The fourth-order valence-electron chi connectivity index (χ4n) is 4.57. The van der Waals surface area contributed by atoms with Gasteiger partial charge in [-0.25, -0.2) is 0 Å². The lowest BCUT2D eigenvalue weighted by Gasteiger charge is -2.35. The highest BCUT2D eigenvalue weighted by molar-refractivity contribution is 5.95. The molecule has 0 unspecified atom stereocenters. The third-order valence-electron chi connectivity index (χ3n) is 6.59. The van der Waals surface area contributed by atoms with Gasteiger partial charge in [-0.1, -0.05) is 18.2 Å². The van der Waals surface area contributed by atoms with E-state index in [9.17, 15) is 0 Å². The SMILES string of the molecule is COc1ccc(-c2ccc3nccc(Nc4ccc(N5CCN(CCC#N)CC5)cc4)c3c2)cc1. The number of ether oxygens (including phenoxy) is 1. The van der Waals surface area contributed by atoms with Crippen LogP contribution in [0.5, 0.6) is 5.75 Å². The number of hydrogen-bond donors (Lipinski definition) is 1. The number of hydrogen-bond acceptors (Lipinski definition) is 6. The van der Waals surface area contributed by atoms with Crippen LogP contribution in [0.3, 0.4) is 0 Å². The summed E-state index contributed by atoms with van der Waals surface area (Å²) in [4.78, 5) is 9.33. The molecule has 0 spiro atoms. The Labute approximate surface area is 206 Å². The Morgan fingerprint density at radius 1 is 0.914 bits per heavy atom. The van der Waals surface area contributed by atoms with Gasteiger partial charge in [0.05, 0.1) is 18.7 Å². The monoisotopic (exact) mass is 463 g/mol. The number of nitrogens with zero attached hydrogens (tertiary/aromatic N) is 4. The lowest BCUT2D eigenvalue weighted by molar-refractivity contribution is 0.263. The zero-order valence-electron chi connectivity index (χ0n) is 19.9. The number of pyridine rings is 1. The van der Waals surface area contributed by atoms with Gasteiger partial charge in [0.25, 0.3) is 0 Å². The lowest BCUT2D eigenvalue weighted by atomic mass is 10.0. The van der Waals surface area contributed by atoms with E-state index in [1.807, 2.05) is 24.4 Å². The summed E-state index contributed by atoms with van der Waals surface area (Å²) in [7, 11) is 1.68. The number of fused-ring (bicyclic) bond motifs is 1. The average molecular weight is 464 g/mol. The molecule has 1 N–H and O–H groups in total. The minimum atomic E-state index is 0.603. The summed E-state index contributed by atoms with van der Waals surface area (Å²) < 4.78 is 5.29. The number of benzene rings is 3. The second-order valence-electron chi connectivity index (χ2n) is 8.73. The van der Waals surface area contributed by atoms with Crippen LogP contribution in [0, 0.1) is 11.3 Å². The Kier molecular flexibility index (Phi) is 6.78. The van der Waals surface area contributed by atoms with Crippen molar-refractivity contribution in [2.45, 2.75) is 6.42 Å². The van der Waals surface area contributed by atoms with E-state index < -0.39 is 0 Å². The first-order valence-corrected chi connectivity index (χ1v) is 12.0. The van der Waals surface area contributed by atoms with Gasteiger partial charge < -0.3 is 15.0 Å². The van der Waals surface area contributed by atoms with Gasteiger partial charge in [0, 0.05) is 67.8 Å². The van der Waals surface area contributed by atoms with Crippen molar-refractivity contribution in [3.05, 3.63) is 79.0 Å². The molecule has 5 rings (SSSR count).